The van der Waals surface area contributed by atoms with Gasteiger partial charge in [-0.2, -0.15) is 0 Å². The molecule has 28 heavy (non-hydrogen) atoms. The second-order valence-corrected chi connectivity index (χ2v) is 8.58. The third kappa shape index (κ3) is 4.14. The van der Waals surface area contributed by atoms with E-state index in [1.54, 1.807) is 11.8 Å². The van der Waals surface area contributed by atoms with Gasteiger partial charge in [-0.15, -0.1) is 11.8 Å². The highest BCUT2D eigenvalue weighted by Crippen LogP contribution is 2.38. The molecule has 2 aliphatic rings. The fourth-order valence-electron chi connectivity index (χ4n) is 3.88. The van der Waals surface area contributed by atoms with E-state index in [4.69, 9.17) is 9.47 Å². The minimum Gasteiger partial charge on any atom is -0.490 e. The fourth-order valence-corrected chi connectivity index (χ4v) is 4.89. The topological polar surface area (TPSA) is 38.8 Å². The number of rotatable bonds is 4. The van der Waals surface area contributed by atoms with Gasteiger partial charge in [-0.1, -0.05) is 23.8 Å². The molecular weight excluding hydrogens is 370 g/mol. The minimum absolute atomic E-state index is 0.129. The zero-order chi connectivity index (χ0) is 19.5. The Morgan fingerprint density at radius 1 is 1.07 bits per heavy atom. The average Bonchev–Trinajstić information content (AvgIpc) is 3.07. The minimum atomic E-state index is 0.129. The van der Waals surface area contributed by atoms with Crippen LogP contribution in [-0.2, 0) is 4.79 Å². The largest absolute Gasteiger partial charge is 0.490 e. The van der Waals surface area contributed by atoms with Gasteiger partial charge in [-0.3, -0.25) is 4.79 Å². The second kappa shape index (κ2) is 8.48. The summed E-state index contributed by atoms with van der Waals surface area (Å²) < 4.78 is 11.6. The summed E-state index contributed by atoms with van der Waals surface area (Å²) in [7, 11) is 0. The Morgan fingerprint density at radius 2 is 1.89 bits per heavy atom. The van der Waals surface area contributed by atoms with Crippen LogP contribution in [0.25, 0.3) is 0 Å². The smallest absolute Gasteiger partial charge is 0.233 e. The molecule has 0 aromatic heterocycles. The summed E-state index contributed by atoms with van der Waals surface area (Å²) in [6.45, 7) is 6.38. The molecule has 1 unspecified atom stereocenters. The number of fused-ring (bicyclic) bond motifs is 1. The Balaban J connectivity index is 1.46. The van der Waals surface area contributed by atoms with Gasteiger partial charge in [-0.25, -0.2) is 0 Å². The lowest BCUT2D eigenvalue weighted by Gasteiger charge is -2.26. The number of hydrogen-bond acceptors (Lipinski definition) is 4. The number of carbonyl (C=O) groups excluding carboxylic acids is 1. The SMILES string of the molecule is Cc1ccc(C)c(SCC(=O)N2CCCC2c2ccc3c(c2)OCCCO3)c1. The first kappa shape index (κ1) is 19.2. The summed E-state index contributed by atoms with van der Waals surface area (Å²) in [6.07, 6.45) is 2.94. The Hall–Kier alpha value is -2.14. The monoisotopic (exact) mass is 397 g/mol. The molecule has 0 bridgehead atoms. The maximum absolute atomic E-state index is 13.0. The number of nitrogens with zero attached hydrogens (tertiary/aromatic N) is 1. The Labute approximate surface area is 171 Å². The quantitative estimate of drug-likeness (QED) is 0.687. The number of likely N-dealkylation sites (tertiary alicyclic amines) is 1. The van der Waals surface area contributed by atoms with Crippen LogP contribution in [0.4, 0.5) is 0 Å². The van der Waals surface area contributed by atoms with E-state index >= 15 is 0 Å². The number of benzene rings is 2. The van der Waals surface area contributed by atoms with Crippen LogP contribution in [0.15, 0.2) is 41.3 Å². The molecule has 0 aliphatic carbocycles. The highest BCUT2D eigenvalue weighted by atomic mass is 32.2. The van der Waals surface area contributed by atoms with Gasteiger partial charge < -0.3 is 14.4 Å². The lowest BCUT2D eigenvalue weighted by molar-refractivity contribution is -0.129. The number of amides is 1. The first-order valence-corrected chi connectivity index (χ1v) is 11.0. The Bertz CT molecular complexity index is 867. The molecule has 1 amide bonds. The molecule has 148 valence electrons. The summed E-state index contributed by atoms with van der Waals surface area (Å²) in [4.78, 5) is 16.2. The van der Waals surface area contributed by atoms with Crippen LogP contribution in [0.1, 0.15) is 42.0 Å². The van der Waals surface area contributed by atoms with Gasteiger partial charge in [0.2, 0.25) is 5.91 Å². The number of thioether (sulfide) groups is 1. The predicted octanol–water partition coefficient (Wildman–Crippen LogP) is 4.92. The summed E-state index contributed by atoms with van der Waals surface area (Å²) in [6, 6.07) is 12.7. The van der Waals surface area contributed by atoms with Crippen LogP contribution in [-0.4, -0.2) is 36.3 Å². The van der Waals surface area contributed by atoms with Gasteiger partial charge in [0.25, 0.3) is 0 Å². The van der Waals surface area contributed by atoms with Gasteiger partial charge in [0.05, 0.1) is 25.0 Å². The van der Waals surface area contributed by atoms with Crippen molar-refractivity contribution in [3.63, 3.8) is 0 Å². The molecule has 2 aromatic rings. The van der Waals surface area contributed by atoms with Crippen molar-refractivity contribution >= 4 is 17.7 Å². The van der Waals surface area contributed by atoms with Crippen molar-refractivity contribution < 1.29 is 14.3 Å². The van der Waals surface area contributed by atoms with E-state index in [9.17, 15) is 4.79 Å². The zero-order valence-electron chi connectivity index (χ0n) is 16.6. The van der Waals surface area contributed by atoms with Crippen molar-refractivity contribution in [1.29, 1.82) is 0 Å². The summed E-state index contributed by atoms with van der Waals surface area (Å²) in [5.41, 5.74) is 3.60. The van der Waals surface area contributed by atoms with Crippen LogP contribution >= 0.6 is 11.8 Å². The normalized spacial score (nSPS) is 18.8. The van der Waals surface area contributed by atoms with E-state index < -0.39 is 0 Å². The number of carbonyl (C=O) groups is 1. The summed E-state index contributed by atoms with van der Waals surface area (Å²) >= 11 is 1.64. The molecule has 0 N–H and O–H groups in total. The molecule has 1 saturated heterocycles. The van der Waals surface area contributed by atoms with Crippen LogP contribution in [0, 0.1) is 13.8 Å². The van der Waals surface area contributed by atoms with Crippen LogP contribution in [0.3, 0.4) is 0 Å². The standard InChI is InChI=1S/C23H27NO3S/c1-16-6-7-17(2)22(13-16)28-15-23(25)24-10-3-5-19(24)18-8-9-20-21(14-18)27-12-4-11-26-20/h6-9,13-14,19H,3-5,10-12,15H2,1-2H3. The van der Waals surface area contributed by atoms with Crippen molar-refractivity contribution in [2.75, 3.05) is 25.5 Å². The predicted molar refractivity (Wildman–Crippen MR) is 112 cm³/mol. The second-order valence-electron chi connectivity index (χ2n) is 7.56. The third-order valence-corrected chi connectivity index (χ3v) is 6.57. The highest BCUT2D eigenvalue weighted by molar-refractivity contribution is 8.00. The number of hydrogen-bond donors (Lipinski definition) is 0. The Morgan fingerprint density at radius 3 is 2.75 bits per heavy atom. The molecule has 1 atom stereocenters. The summed E-state index contributed by atoms with van der Waals surface area (Å²) in [5, 5.41) is 0. The van der Waals surface area contributed by atoms with E-state index in [2.05, 4.69) is 44.2 Å². The summed E-state index contributed by atoms with van der Waals surface area (Å²) in [5.74, 6) is 2.30. The van der Waals surface area contributed by atoms with E-state index in [0.29, 0.717) is 19.0 Å². The van der Waals surface area contributed by atoms with Crippen LogP contribution in [0.2, 0.25) is 0 Å². The van der Waals surface area contributed by atoms with Crippen LogP contribution in [0.5, 0.6) is 11.5 Å². The van der Waals surface area contributed by atoms with Crippen molar-refractivity contribution in [3.05, 3.63) is 53.1 Å². The molecule has 5 heteroatoms. The van der Waals surface area contributed by atoms with Crippen molar-refractivity contribution in [2.24, 2.45) is 0 Å². The molecule has 4 rings (SSSR count). The Kier molecular flexibility index (Phi) is 5.81. The van der Waals surface area contributed by atoms with E-state index in [-0.39, 0.29) is 11.9 Å². The third-order valence-electron chi connectivity index (χ3n) is 5.42. The maximum Gasteiger partial charge on any atom is 0.233 e. The number of ether oxygens (including phenoxy) is 2. The molecule has 0 radical (unpaired) electrons. The van der Waals surface area contributed by atoms with E-state index in [0.717, 1.165) is 42.9 Å². The zero-order valence-corrected chi connectivity index (χ0v) is 17.4. The molecular formula is C23H27NO3S. The van der Waals surface area contributed by atoms with E-state index in [1.807, 2.05) is 11.0 Å². The lowest BCUT2D eigenvalue weighted by atomic mass is 10.0. The molecule has 0 saturated carbocycles. The van der Waals surface area contributed by atoms with Gasteiger partial charge in [-0.05, 0) is 56.0 Å². The highest BCUT2D eigenvalue weighted by Gasteiger charge is 2.30. The average molecular weight is 398 g/mol. The van der Waals surface area contributed by atoms with Gasteiger partial charge in [0.1, 0.15) is 0 Å². The van der Waals surface area contributed by atoms with Crippen molar-refractivity contribution in [2.45, 2.75) is 44.0 Å². The first-order chi connectivity index (χ1) is 13.6. The molecule has 0 spiro atoms. The first-order valence-electron chi connectivity index (χ1n) is 10.0. The van der Waals surface area contributed by atoms with Gasteiger partial charge in [0.15, 0.2) is 11.5 Å². The van der Waals surface area contributed by atoms with Crippen LogP contribution < -0.4 is 9.47 Å². The molecule has 2 aliphatic heterocycles. The van der Waals surface area contributed by atoms with Crippen molar-refractivity contribution in [3.8, 4) is 11.5 Å². The molecule has 2 heterocycles. The van der Waals surface area contributed by atoms with Crippen molar-refractivity contribution in [1.82, 2.24) is 4.90 Å². The van der Waals surface area contributed by atoms with Gasteiger partial charge >= 0.3 is 0 Å². The molecule has 1 fully saturated rings. The lowest BCUT2D eigenvalue weighted by Crippen LogP contribution is -2.32. The molecule has 4 nitrogen and oxygen atoms in total. The fraction of sp³-hybridized carbons (Fsp3) is 0.435. The van der Waals surface area contributed by atoms with Gasteiger partial charge in [0, 0.05) is 17.9 Å². The molecule has 2 aromatic carbocycles. The van der Waals surface area contributed by atoms with E-state index in [1.165, 1.54) is 16.0 Å². The number of aryl methyl sites for hydroxylation is 2. The maximum atomic E-state index is 13.0.